The number of hydrogen-bond acceptors (Lipinski definition) is 2. The fraction of sp³-hybridized carbons (Fsp3) is 0.455. The Kier molecular flexibility index (Phi) is 4.16. The molecule has 0 atom stereocenters. The van der Waals surface area contributed by atoms with Crippen molar-refractivity contribution in [1.82, 2.24) is 4.90 Å². The summed E-state index contributed by atoms with van der Waals surface area (Å²) >= 11 is 1.79. The highest BCUT2D eigenvalue weighted by atomic mass is 32.2. The maximum atomic E-state index is 2.30. The first kappa shape index (κ1) is 10.5. The summed E-state index contributed by atoms with van der Waals surface area (Å²) in [6.45, 7) is 6.44. The van der Waals surface area contributed by atoms with E-state index in [0.29, 0.717) is 0 Å². The molecule has 0 aromatic rings. The third-order valence-electron chi connectivity index (χ3n) is 1.67. The van der Waals surface area contributed by atoms with E-state index in [-0.39, 0.29) is 0 Å². The predicted octanol–water partition coefficient (Wildman–Crippen LogP) is 4.07. The zero-order valence-electron chi connectivity index (χ0n) is 8.58. The largest absolute Gasteiger partial charge is 0.318 e. The van der Waals surface area contributed by atoms with Gasteiger partial charge in [0.2, 0.25) is 0 Å². The molecule has 1 aliphatic heterocycles. The molecule has 1 aliphatic rings. The van der Waals surface area contributed by atoms with Gasteiger partial charge in [0.15, 0.2) is 0 Å². The monoisotopic (exact) mass is 195 g/mol. The lowest BCUT2D eigenvalue weighted by atomic mass is 10.3. The summed E-state index contributed by atoms with van der Waals surface area (Å²) in [5.74, 6) is 0. The fourth-order valence-corrected chi connectivity index (χ4v) is 1.89. The number of thioether (sulfide) groups is 1. The van der Waals surface area contributed by atoms with Crippen molar-refractivity contribution >= 4 is 11.8 Å². The highest BCUT2D eigenvalue weighted by molar-refractivity contribution is 8.06. The summed E-state index contributed by atoms with van der Waals surface area (Å²) in [5.41, 5.74) is 1.33. The van der Waals surface area contributed by atoms with Crippen LogP contribution in [0, 0.1) is 0 Å². The van der Waals surface area contributed by atoms with Crippen LogP contribution in [0.15, 0.2) is 34.5 Å². The summed E-state index contributed by atoms with van der Waals surface area (Å²) in [6, 6.07) is 0. The molecule has 0 aromatic carbocycles. The molecule has 72 valence electrons. The lowest BCUT2D eigenvalue weighted by molar-refractivity contribution is 0.672. The summed E-state index contributed by atoms with van der Waals surface area (Å²) in [6.07, 6.45) is 8.95. The summed E-state index contributed by atoms with van der Waals surface area (Å²) in [7, 11) is 0. The molecule has 0 radical (unpaired) electrons. The van der Waals surface area contributed by atoms with Gasteiger partial charge < -0.3 is 4.90 Å². The van der Waals surface area contributed by atoms with Crippen LogP contribution < -0.4 is 0 Å². The van der Waals surface area contributed by atoms with E-state index < -0.39 is 0 Å². The van der Waals surface area contributed by atoms with Crippen LogP contribution in [-0.2, 0) is 0 Å². The molecule has 0 bridgehead atoms. The van der Waals surface area contributed by atoms with Crippen molar-refractivity contribution in [3.05, 3.63) is 34.5 Å². The Hall–Kier alpha value is -0.630. The second-order valence-electron chi connectivity index (χ2n) is 3.35. The summed E-state index contributed by atoms with van der Waals surface area (Å²) in [5, 5.41) is 3.46. The van der Waals surface area contributed by atoms with E-state index in [0.717, 1.165) is 6.42 Å². The van der Waals surface area contributed by atoms with Crippen molar-refractivity contribution < 1.29 is 0 Å². The van der Waals surface area contributed by atoms with Gasteiger partial charge in [0.05, 0.1) is 5.03 Å². The molecule has 0 unspecified atom stereocenters. The smallest absolute Gasteiger partial charge is 0.0791 e. The number of nitrogens with zero attached hydrogens (tertiary/aromatic N) is 1. The van der Waals surface area contributed by atoms with Crippen LogP contribution in [0.5, 0.6) is 0 Å². The third kappa shape index (κ3) is 3.31. The number of unbranched alkanes of at least 4 members (excludes halogenated alkanes) is 1. The van der Waals surface area contributed by atoms with E-state index in [2.05, 4.69) is 49.6 Å². The number of hydrogen-bond donors (Lipinski definition) is 0. The van der Waals surface area contributed by atoms with Crippen molar-refractivity contribution in [3.8, 4) is 0 Å². The van der Waals surface area contributed by atoms with Gasteiger partial charge in [-0.2, -0.15) is 0 Å². The van der Waals surface area contributed by atoms with Gasteiger partial charge in [0, 0.05) is 12.4 Å². The average Bonchev–Trinajstić information content (AvgIpc) is 2.48. The van der Waals surface area contributed by atoms with Crippen molar-refractivity contribution in [3.63, 3.8) is 0 Å². The Balaban J connectivity index is 2.62. The zero-order chi connectivity index (χ0) is 9.68. The molecule has 0 saturated carbocycles. The predicted molar refractivity (Wildman–Crippen MR) is 61.0 cm³/mol. The molecular formula is C11H17NS. The van der Waals surface area contributed by atoms with Crippen LogP contribution >= 0.6 is 11.8 Å². The van der Waals surface area contributed by atoms with E-state index in [4.69, 9.17) is 0 Å². The van der Waals surface area contributed by atoms with Crippen LogP contribution in [0.4, 0.5) is 0 Å². The van der Waals surface area contributed by atoms with Gasteiger partial charge in [-0.3, -0.25) is 0 Å². The zero-order valence-corrected chi connectivity index (χ0v) is 9.40. The van der Waals surface area contributed by atoms with Crippen LogP contribution in [-0.4, -0.2) is 4.90 Å². The fourth-order valence-electron chi connectivity index (χ4n) is 1.11. The third-order valence-corrected chi connectivity index (χ3v) is 2.55. The SMILES string of the molecule is CCC/C=C1\SC=CN1C=C(C)C. The standard InChI is InChI=1S/C11H17NS/c1-4-5-6-11-12(7-8-13-11)9-10(2)3/h6-9H,4-5H2,1-3H3/b11-6-. The van der Waals surface area contributed by atoms with Gasteiger partial charge in [-0.15, -0.1) is 0 Å². The maximum Gasteiger partial charge on any atom is 0.0791 e. The van der Waals surface area contributed by atoms with Gasteiger partial charge in [-0.25, -0.2) is 0 Å². The second kappa shape index (κ2) is 5.18. The van der Waals surface area contributed by atoms with Gasteiger partial charge in [0.25, 0.3) is 0 Å². The number of rotatable bonds is 3. The summed E-state index contributed by atoms with van der Waals surface area (Å²) < 4.78 is 0. The van der Waals surface area contributed by atoms with E-state index in [9.17, 15) is 0 Å². The highest BCUT2D eigenvalue weighted by Gasteiger charge is 2.08. The molecule has 0 spiro atoms. The molecule has 0 amide bonds. The Morgan fingerprint density at radius 2 is 2.31 bits per heavy atom. The molecule has 2 heteroatoms. The first-order valence-electron chi connectivity index (χ1n) is 4.71. The molecule has 13 heavy (non-hydrogen) atoms. The van der Waals surface area contributed by atoms with E-state index in [1.165, 1.54) is 17.0 Å². The molecule has 0 aliphatic carbocycles. The topological polar surface area (TPSA) is 3.24 Å². The Morgan fingerprint density at radius 1 is 1.54 bits per heavy atom. The quantitative estimate of drug-likeness (QED) is 0.667. The molecular weight excluding hydrogens is 178 g/mol. The maximum absolute atomic E-state index is 2.30. The Bertz CT molecular complexity index is 247. The first-order chi connectivity index (χ1) is 6.24. The van der Waals surface area contributed by atoms with E-state index in [1.807, 2.05) is 0 Å². The molecule has 1 rings (SSSR count). The minimum absolute atomic E-state index is 1.16. The molecule has 1 heterocycles. The normalized spacial score (nSPS) is 18.4. The highest BCUT2D eigenvalue weighted by Crippen LogP contribution is 2.30. The average molecular weight is 195 g/mol. The molecule has 0 fully saturated rings. The summed E-state index contributed by atoms with van der Waals surface area (Å²) in [4.78, 5) is 2.19. The van der Waals surface area contributed by atoms with Crippen molar-refractivity contribution in [2.75, 3.05) is 0 Å². The second-order valence-corrected chi connectivity index (χ2v) is 4.27. The van der Waals surface area contributed by atoms with Gasteiger partial charge >= 0.3 is 0 Å². The van der Waals surface area contributed by atoms with Crippen LogP contribution in [0.3, 0.4) is 0 Å². The number of allylic oxidation sites excluding steroid dienone is 2. The van der Waals surface area contributed by atoms with Crippen molar-refractivity contribution in [1.29, 1.82) is 0 Å². The van der Waals surface area contributed by atoms with Crippen molar-refractivity contribution in [2.24, 2.45) is 0 Å². The molecule has 0 saturated heterocycles. The molecule has 1 nitrogen and oxygen atoms in total. The van der Waals surface area contributed by atoms with E-state index >= 15 is 0 Å². The Morgan fingerprint density at radius 3 is 2.92 bits per heavy atom. The van der Waals surface area contributed by atoms with Gasteiger partial charge in [-0.1, -0.05) is 36.8 Å². The minimum atomic E-state index is 1.16. The van der Waals surface area contributed by atoms with Gasteiger partial charge in [-0.05, 0) is 25.7 Å². The van der Waals surface area contributed by atoms with Crippen LogP contribution in [0.1, 0.15) is 33.6 Å². The molecule has 0 N–H and O–H groups in total. The lowest BCUT2D eigenvalue weighted by Gasteiger charge is -2.12. The van der Waals surface area contributed by atoms with Crippen LogP contribution in [0.2, 0.25) is 0 Å². The van der Waals surface area contributed by atoms with Gasteiger partial charge in [0.1, 0.15) is 0 Å². The first-order valence-corrected chi connectivity index (χ1v) is 5.59. The van der Waals surface area contributed by atoms with E-state index in [1.54, 1.807) is 11.8 Å². The van der Waals surface area contributed by atoms with Crippen molar-refractivity contribution in [2.45, 2.75) is 33.6 Å². The Labute approximate surface area is 85.2 Å². The molecule has 0 aromatic heterocycles. The van der Waals surface area contributed by atoms with Crippen LogP contribution in [0.25, 0.3) is 0 Å². The lowest BCUT2D eigenvalue weighted by Crippen LogP contribution is -2.02. The minimum Gasteiger partial charge on any atom is -0.318 e.